The predicted octanol–water partition coefficient (Wildman–Crippen LogP) is 1.48. The summed E-state index contributed by atoms with van der Waals surface area (Å²) >= 11 is 1.73. The Labute approximate surface area is 87.3 Å². The van der Waals surface area contributed by atoms with Crippen LogP contribution in [0.4, 0.5) is 4.39 Å². The lowest BCUT2D eigenvalue weighted by Crippen LogP contribution is -2.28. The molecular weight excluding hydrogens is 201 g/mol. The van der Waals surface area contributed by atoms with Crippen molar-refractivity contribution in [2.24, 2.45) is 5.84 Å². The lowest BCUT2D eigenvalue weighted by Gasteiger charge is -2.14. The highest BCUT2D eigenvalue weighted by atomic mass is 32.2. The van der Waals surface area contributed by atoms with Crippen molar-refractivity contribution >= 4 is 11.8 Å². The lowest BCUT2D eigenvalue weighted by atomic mass is 10.1. The third-order valence-electron chi connectivity index (χ3n) is 1.94. The highest BCUT2D eigenvalue weighted by Crippen LogP contribution is 2.17. The fourth-order valence-corrected chi connectivity index (χ4v) is 1.67. The van der Waals surface area contributed by atoms with Crippen molar-refractivity contribution in [2.75, 3.05) is 12.0 Å². The summed E-state index contributed by atoms with van der Waals surface area (Å²) in [5, 5.41) is 0. The highest BCUT2D eigenvalue weighted by molar-refractivity contribution is 7.98. The lowest BCUT2D eigenvalue weighted by molar-refractivity contribution is 0.533. The van der Waals surface area contributed by atoms with E-state index in [2.05, 4.69) is 10.4 Å². The molecule has 0 saturated carbocycles. The largest absolute Gasteiger partial charge is 0.271 e. The van der Waals surface area contributed by atoms with Crippen LogP contribution in [-0.2, 0) is 0 Å². The second kappa shape index (κ2) is 5.95. The van der Waals surface area contributed by atoms with Crippen LogP contribution in [0.25, 0.3) is 0 Å². The number of pyridine rings is 1. The fraction of sp³-hybridized carbons (Fsp3) is 0.444. The van der Waals surface area contributed by atoms with E-state index in [1.165, 1.54) is 12.3 Å². The monoisotopic (exact) mass is 215 g/mol. The van der Waals surface area contributed by atoms with Crippen LogP contribution in [0.5, 0.6) is 0 Å². The molecule has 1 unspecified atom stereocenters. The summed E-state index contributed by atoms with van der Waals surface area (Å²) < 4.78 is 12.8. The first-order valence-corrected chi connectivity index (χ1v) is 5.73. The maximum absolute atomic E-state index is 12.8. The molecule has 0 aliphatic heterocycles. The summed E-state index contributed by atoms with van der Waals surface area (Å²) in [6.07, 6.45) is 5.71. The number of nitrogens with two attached hydrogens (primary N) is 1. The van der Waals surface area contributed by atoms with Gasteiger partial charge in [-0.1, -0.05) is 0 Å². The zero-order valence-corrected chi connectivity index (χ0v) is 8.85. The minimum absolute atomic E-state index is 0.0225. The molecule has 0 aromatic carbocycles. The molecule has 78 valence electrons. The van der Waals surface area contributed by atoms with Crippen LogP contribution in [0, 0.1) is 5.82 Å². The number of hydrogen-bond acceptors (Lipinski definition) is 4. The standard InChI is InChI=1S/C9H14FN3S/c1-14-3-2-9(13-11)7-4-8(10)6-12-5-7/h4-6,9,13H,2-3,11H2,1H3. The van der Waals surface area contributed by atoms with Crippen LogP contribution >= 0.6 is 11.8 Å². The van der Waals surface area contributed by atoms with Crippen molar-refractivity contribution in [3.05, 3.63) is 29.8 Å². The molecule has 3 nitrogen and oxygen atoms in total. The molecule has 0 bridgehead atoms. The van der Waals surface area contributed by atoms with Crippen LogP contribution in [0.15, 0.2) is 18.5 Å². The van der Waals surface area contributed by atoms with Crippen molar-refractivity contribution in [3.8, 4) is 0 Å². The molecule has 1 atom stereocenters. The predicted molar refractivity (Wildman–Crippen MR) is 57.3 cm³/mol. The van der Waals surface area contributed by atoms with Gasteiger partial charge in [-0.3, -0.25) is 16.3 Å². The third-order valence-corrected chi connectivity index (χ3v) is 2.58. The first-order chi connectivity index (χ1) is 6.77. The van der Waals surface area contributed by atoms with Gasteiger partial charge in [-0.15, -0.1) is 0 Å². The first-order valence-electron chi connectivity index (χ1n) is 4.33. The zero-order valence-electron chi connectivity index (χ0n) is 8.03. The first kappa shape index (κ1) is 11.4. The Balaban J connectivity index is 2.68. The van der Waals surface area contributed by atoms with E-state index in [9.17, 15) is 4.39 Å². The Morgan fingerprint density at radius 3 is 3.00 bits per heavy atom. The second-order valence-electron chi connectivity index (χ2n) is 2.94. The molecule has 1 aromatic rings. The normalized spacial score (nSPS) is 12.8. The molecule has 1 aromatic heterocycles. The van der Waals surface area contributed by atoms with Crippen molar-refractivity contribution in [2.45, 2.75) is 12.5 Å². The van der Waals surface area contributed by atoms with Crippen molar-refractivity contribution in [1.82, 2.24) is 10.4 Å². The number of rotatable bonds is 5. The smallest absolute Gasteiger partial charge is 0.141 e. The molecule has 14 heavy (non-hydrogen) atoms. The van der Waals surface area contributed by atoms with Crippen molar-refractivity contribution in [1.29, 1.82) is 0 Å². The van der Waals surface area contributed by atoms with Gasteiger partial charge in [0.25, 0.3) is 0 Å². The highest BCUT2D eigenvalue weighted by Gasteiger charge is 2.09. The van der Waals surface area contributed by atoms with Gasteiger partial charge in [-0.25, -0.2) is 4.39 Å². The van der Waals surface area contributed by atoms with Crippen LogP contribution in [0.3, 0.4) is 0 Å². The van der Waals surface area contributed by atoms with E-state index in [-0.39, 0.29) is 11.9 Å². The number of halogens is 1. The van der Waals surface area contributed by atoms with Gasteiger partial charge >= 0.3 is 0 Å². The van der Waals surface area contributed by atoms with Gasteiger partial charge in [-0.05, 0) is 30.1 Å². The summed E-state index contributed by atoms with van der Waals surface area (Å²) in [6.45, 7) is 0. The van der Waals surface area contributed by atoms with E-state index in [1.54, 1.807) is 18.0 Å². The number of hydrogen-bond donors (Lipinski definition) is 2. The Hall–Kier alpha value is -0.650. The van der Waals surface area contributed by atoms with Gasteiger partial charge in [0, 0.05) is 12.2 Å². The van der Waals surface area contributed by atoms with E-state index in [1.807, 2.05) is 6.26 Å². The SMILES string of the molecule is CSCCC(NN)c1cncc(F)c1. The van der Waals surface area contributed by atoms with E-state index in [0.717, 1.165) is 17.7 Å². The van der Waals surface area contributed by atoms with E-state index < -0.39 is 0 Å². The molecule has 0 spiro atoms. The summed E-state index contributed by atoms with van der Waals surface area (Å²) in [5.41, 5.74) is 3.45. The number of hydrazine groups is 1. The number of thioether (sulfide) groups is 1. The summed E-state index contributed by atoms with van der Waals surface area (Å²) in [4.78, 5) is 3.78. The number of aromatic nitrogens is 1. The van der Waals surface area contributed by atoms with Crippen LogP contribution in [0.1, 0.15) is 18.0 Å². The van der Waals surface area contributed by atoms with Crippen molar-refractivity contribution < 1.29 is 4.39 Å². The fourth-order valence-electron chi connectivity index (χ4n) is 1.20. The quantitative estimate of drug-likeness (QED) is 0.577. The molecule has 5 heteroatoms. The molecule has 1 rings (SSSR count). The van der Waals surface area contributed by atoms with E-state index in [0.29, 0.717) is 0 Å². The van der Waals surface area contributed by atoms with Gasteiger partial charge in [0.1, 0.15) is 5.82 Å². The van der Waals surface area contributed by atoms with Gasteiger partial charge in [0.2, 0.25) is 0 Å². The van der Waals surface area contributed by atoms with Gasteiger partial charge in [-0.2, -0.15) is 11.8 Å². The topological polar surface area (TPSA) is 50.9 Å². The Morgan fingerprint density at radius 2 is 2.43 bits per heavy atom. The summed E-state index contributed by atoms with van der Waals surface area (Å²) in [7, 11) is 0. The summed E-state index contributed by atoms with van der Waals surface area (Å²) in [6, 6.07) is 1.43. The Morgan fingerprint density at radius 1 is 1.64 bits per heavy atom. The number of nitrogens with zero attached hydrogens (tertiary/aromatic N) is 1. The van der Waals surface area contributed by atoms with Crippen LogP contribution in [-0.4, -0.2) is 17.0 Å². The van der Waals surface area contributed by atoms with Gasteiger partial charge < -0.3 is 0 Å². The molecule has 0 amide bonds. The average Bonchev–Trinajstić information content (AvgIpc) is 2.19. The molecule has 0 aliphatic carbocycles. The Kier molecular flexibility index (Phi) is 4.86. The Bertz CT molecular complexity index is 283. The molecule has 0 saturated heterocycles. The summed E-state index contributed by atoms with van der Waals surface area (Å²) in [5.74, 6) is 6.04. The molecule has 0 fully saturated rings. The molecule has 0 radical (unpaired) electrons. The van der Waals surface area contributed by atoms with E-state index >= 15 is 0 Å². The second-order valence-corrected chi connectivity index (χ2v) is 3.92. The zero-order chi connectivity index (χ0) is 10.4. The maximum Gasteiger partial charge on any atom is 0.141 e. The van der Waals surface area contributed by atoms with E-state index in [4.69, 9.17) is 5.84 Å². The molecule has 0 aliphatic rings. The number of nitrogens with one attached hydrogen (secondary N) is 1. The van der Waals surface area contributed by atoms with Crippen LogP contribution in [0.2, 0.25) is 0 Å². The molecule has 1 heterocycles. The molecule has 3 N–H and O–H groups in total. The van der Waals surface area contributed by atoms with Crippen LogP contribution < -0.4 is 11.3 Å². The van der Waals surface area contributed by atoms with Crippen molar-refractivity contribution in [3.63, 3.8) is 0 Å². The molecular formula is C9H14FN3S. The average molecular weight is 215 g/mol. The van der Waals surface area contributed by atoms with Gasteiger partial charge in [0.15, 0.2) is 0 Å². The maximum atomic E-state index is 12.8. The third kappa shape index (κ3) is 3.25. The minimum atomic E-state index is -0.327. The minimum Gasteiger partial charge on any atom is -0.271 e. The van der Waals surface area contributed by atoms with Gasteiger partial charge in [0.05, 0.1) is 6.20 Å².